The van der Waals surface area contributed by atoms with Crippen LogP contribution < -0.4 is 20.7 Å². The van der Waals surface area contributed by atoms with Crippen LogP contribution in [0.3, 0.4) is 0 Å². The lowest BCUT2D eigenvalue weighted by Crippen LogP contribution is -2.66. The minimum absolute atomic E-state index is 0.0723. The molecule has 6 rings (SSSR count). The molecule has 0 spiro atoms. The monoisotopic (exact) mass is 603 g/mol. The van der Waals surface area contributed by atoms with Crippen LogP contribution >= 0.6 is 18.7 Å². The number of hydrogen-bond donors (Lipinski definition) is 2. The molecule has 3 aliphatic rings. The second kappa shape index (κ2) is 11.5. The molecule has 0 amide bonds. The smallest absolute Gasteiger partial charge is 0.387 e. The summed E-state index contributed by atoms with van der Waals surface area (Å²) in [6, 6.07) is 12.4. The zero-order valence-electron chi connectivity index (χ0n) is 22.9. The molecular weight excluding hydrogens is 571 g/mol. The van der Waals surface area contributed by atoms with Gasteiger partial charge in [-0.25, -0.2) is 4.98 Å². The Labute approximate surface area is 243 Å². The zero-order chi connectivity index (χ0) is 28.7. The molecule has 2 fully saturated rings. The maximum absolute atomic E-state index is 13.0. The first kappa shape index (κ1) is 28.3. The lowest BCUT2D eigenvalue weighted by molar-refractivity contribution is -0.148. The van der Waals surface area contributed by atoms with Crippen molar-refractivity contribution in [2.45, 2.75) is 56.8 Å². The van der Waals surface area contributed by atoms with Crippen LogP contribution in [0.4, 0.5) is 31.9 Å². The molecule has 3 heterocycles. The summed E-state index contributed by atoms with van der Waals surface area (Å²) in [6.07, 6.45) is 7.13. The molecule has 2 saturated heterocycles. The fraction of sp³-hybridized carbons (Fsp3) is 0.448. The standard InChI is InChI=1S/C29H33ClF2N5O3P/c1-41(2,38)26-13-23(40-28(31)32)9-10-25(26)35-27-24(30)14-33-29(36-27)34-19-6-3-17-4-7-20(8-5-18(17)11-19)37-21-12-22(37)16-39-15-21/h3,6,9-11,13-14,20-22,28H,4-5,7-8,12,15-16H2,1-2H3,(H2,33,34,35,36)/t20-,21?,22?/m0/s1. The predicted octanol–water partition coefficient (Wildman–Crippen LogP) is 6.19. The van der Waals surface area contributed by atoms with Crippen LogP contribution in [0.2, 0.25) is 5.02 Å². The molecule has 41 heavy (non-hydrogen) atoms. The second-order valence-corrected chi connectivity index (χ2v) is 14.9. The number of anilines is 4. The van der Waals surface area contributed by atoms with E-state index in [4.69, 9.17) is 16.3 Å². The Bertz CT molecular complexity index is 1470. The second-order valence-electron chi connectivity index (χ2n) is 11.3. The summed E-state index contributed by atoms with van der Waals surface area (Å²) in [5.41, 5.74) is 4.04. The summed E-state index contributed by atoms with van der Waals surface area (Å²) in [5.74, 6) is 0.562. The van der Waals surface area contributed by atoms with Crippen molar-refractivity contribution in [2.24, 2.45) is 0 Å². The first-order valence-corrected chi connectivity index (χ1v) is 16.8. The molecule has 2 bridgehead atoms. The number of nitrogens with one attached hydrogen (secondary N) is 2. The van der Waals surface area contributed by atoms with E-state index in [0.29, 0.717) is 40.9 Å². The largest absolute Gasteiger partial charge is 0.435 e. The number of benzene rings is 2. The molecule has 0 radical (unpaired) electrons. The third-order valence-corrected chi connectivity index (χ3v) is 9.96. The quantitative estimate of drug-likeness (QED) is 0.233. The molecule has 1 aliphatic carbocycles. The molecule has 3 aromatic rings. The maximum atomic E-state index is 13.0. The van der Waals surface area contributed by atoms with Crippen molar-refractivity contribution in [1.29, 1.82) is 0 Å². The van der Waals surface area contributed by atoms with Gasteiger partial charge < -0.3 is 24.7 Å². The van der Waals surface area contributed by atoms with Crippen LogP contribution in [-0.2, 0) is 22.1 Å². The highest BCUT2D eigenvalue weighted by Gasteiger charge is 2.45. The SMILES string of the molecule is CP(C)(=O)c1cc(OC(F)F)ccc1Nc1nc(Nc2ccc3c(c2)CC[C@@H](N2C4COCC2C4)CC3)ncc1Cl. The Kier molecular flexibility index (Phi) is 7.94. The van der Waals surface area contributed by atoms with E-state index in [1.54, 1.807) is 13.3 Å². The molecule has 218 valence electrons. The number of rotatable bonds is 8. The van der Waals surface area contributed by atoms with Gasteiger partial charge in [0.1, 0.15) is 17.9 Å². The normalized spacial score (nSPS) is 22.4. The van der Waals surface area contributed by atoms with E-state index in [1.165, 1.54) is 48.4 Å². The Morgan fingerprint density at radius 1 is 1.05 bits per heavy atom. The highest BCUT2D eigenvalue weighted by molar-refractivity contribution is 7.70. The van der Waals surface area contributed by atoms with Gasteiger partial charge in [-0.2, -0.15) is 13.8 Å². The summed E-state index contributed by atoms with van der Waals surface area (Å²) < 4.78 is 48.6. The zero-order valence-corrected chi connectivity index (χ0v) is 24.6. The fourth-order valence-corrected chi connectivity index (χ4v) is 7.53. The van der Waals surface area contributed by atoms with E-state index < -0.39 is 13.8 Å². The van der Waals surface area contributed by atoms with Gasteiger partial charge in [0.15, 0.2) is 5.82 Å². The van der Waals surface area contributed by atoms with Crippen LogP contribution in [0.25, 0.3) is 0 Å². The summed E-state index contributed by atoms with van der Waals surface area (Å²) >= 11 is 6.40. The maximum Gasteiger partial charge on any atom is 0.387 e. The molecule has 2 N–H and O–H groups in total. The van der Waals surface area contributed by atoms with Gasteiger partial charge in [0, 0.05) is 29.1 Å². The van der Waals surface area contributed by atoms with Crippen molar-refractivity contribution in [3.8, 4) is 5.75 Å². The van der Waals surface area contributed by atoms with Crippen molar-refractivity contribution in [1.82, 2.24) is 14.9 Å². The Balaban J connectivity index is 1.17. The van der Waals surface area contributed by atoms with Gasteiger partial charge in [-0.05, 0) is 86.9 Å². The average molecular weight is 604 g/mol. The van der Waals surface area contributed by atoms with Crippen molar-refractivity contribution in [3.05, 3.63) is 58.7 Å². The molecular formula is C29H33ClF2N5O3P. The van der Waals surface area contributed by atoms with Gasteiger partial charge in [-0.15, -0.1) is 0 Å². The van der Waals surface area contributed by atoms with Crippen molar-refractivity contribution in [2.75, 3.05) is 37.2 Å². The van der Waals surface area contributed by atoms with Gasteiger partial charge >= 0.3 is 6.61 Å². The van der Waals surface area contributed by atoms with Gasteiger partial charge in [0.2, 0.25) is 5.95 Å². The lowest BCUT2D eigenvalue weighted by atomic mass is 9.87. The number of fused-ring (bicyclic) bond motifs is 3. The minimum atomic E-state index is -2.98. The van der Waals surface area contributed by atoms with E-state index in [9.17, 15) is 13.3 Å². The lowest BCUT2D eigenvalue weighted by Gasteiger charge is -2.56. The molecule has 2 aliphatic heterocycles. The number of aryl methyl sites for hydroxylation is 2. The first-order chi connectivity index (χ1) is 19.6. The van der Waals surface area contributed by atoms with Crippen molar-refractivity contribution < 1.29 is 22.8 Å². The summed E-state index contributed by atoms with van der Waals surface area (Å²) in [6.45, 7) is 1.85. The first-order valence-electron chi connectivity index (χ1n) is 13.8. The number of nitrogens with zero attached hydrogens (tertiary/aromatic N) is 3. The van der Waals surface area contributed by atoms with Gasteiger partial charge in [0.25, 0.3) is 0 Å². The van der Waals surface area contributed by atoms with Gasteiger partial charge in [-0.1, -0.05) is 17.7 Å². The average Bonchev–Trinajstić information content (AvgIpc) is 3.13. The Morgan fingerprint density at radius 2 is 1.80 bits per heavy atom. The van der Waals surface area contributed by atoms with E-state index in [1.807, 2.05) is 6.07 Å². The molecule has 12 heteroatoms. The Hall–Kier alpha value is -2.78. The van der Waals surface area contributed by atoms with Crippen LogP contribution in [-0.4, -0.2) is 66.1 Å². The van der Waals surface area contributed by atoms with E-state index in [0.717, 1.165) is 38.2 Å². The molecule has 2 unspecified atom stereocenters. The topological polar surface area (TPSA) is 88.6 Å². The minimum Gasteiger partial charge on any atom is -0.435 e. The molecule has 1 aromatic heterocycles. The number of halogens is 3. The molecule has 0 saturated carbocycles. The van der Waals surface area contributed by atoms with E-state index >= 15 is 0 Å². The van der Waals surface area contributed by atoms with Crippen LogP contribution in [0.15, 0.2) is 42.6 Å². The molecule has 2 aromatic carbocycles. The van der Waals surface area contributed by atoms with Crippen LogP contribution in [0, 0.1) is 0 Å². The molecule has 8 nitrogen and oxygen atoms in total. The van der Waals surface area contributed by atoms with Gasteiger partial charge in [-0.3, -0.25) is 4.90 Å². The van der Waals surface area contributed by atoms with Crippen LogP contribution in [0.5, 0.6) is 5.75 Å². The third kappa shape index (κ3) is 6.21. The summed E-state index contributed by atoms with van der Waals surface area (Å²) in [5, 5.41) is 6.99. The summed E-state index contributed by atoms with van der Waals surface area (Å²) in [7, 11) is -2.87. The van der Waals surface area contributed by atoms with Crippen LogP contribution in [0.1, 0.15) is 30.4 Å². The Morgan fingerprint density at radius 3 is 2.51 bits per heavy atom. The number of hydrogen-bond acceptors (Lipinski definition) is 8. The number of ether oxygens (including phenoxy) is 2. The van der Waals surface area contributed by atoms with E-state index in [-0.39, 0.29) is 10.8 Å². The summed E-state index contributed by atoms with van der Waals surface area (Å²) in [4.78, 5) is 11.6. The fourth-order valence-electron chi connectivity index (χ4n) is 6.24. The van der Waals surface area contributed by atoms with Gasteiger partial charge in [0.05, 0.1) is 25.1 Å². The highest BCUT2D eigenvalue weighted by atomic mass is 35.5. The molecule has 3 atom stereocenters. The number of morpholine rings is 1. The predicted molar refractivity (Wildman–Crippen MR) is 157 cm³/mol. The van der Waals surface area contributed by atoms with Crippen molar-refractivity contribution >= 4 is 47.2 Å². The third-order valence-electron chi connectivity index (χ3n) is 8.16. The number of aromatic nitrogens is 2. The number of alkyl halides is 2. The highest BCUT2D eigenvalue weighted by Crippen LogP contribution is 2.41. The van der Waals surface area contributed by atoms with Crippen molar-refractivity contribution in [3.63, 3.8) is 0 Å². The van der Waals surface area contributed by atoms with E-state index in [2.05, 4.69) is 42.4 Å².